The lowest BCUT2D eigenvalue weighted by molar-refractivity contribution is -0.135. The highest BCUT2D eigenvalue weighted by atomic mass is 19.1. The number of aliphatic hydroxyl groups is 1. The number of allylic oxidation sites excluding steroid dienone is 2. The molecule has 0 saturated heterocycles. The van der Waals surface area contributed by atoms with Crippen LogP contribution in [0.2, 0.25) is 0 Å². The van der Waals surface area contributed by atoms with Gasteiger partial charge in [-0.05, 0) is 33.6 Å². The second kappa shape index (κ2) is 8.01. The molecular formula is C13H21F2NO3. The van der Waals surface area contributed by atoms with Crippen LogP contribution in [0.4, 0.5) is 8.78 Å². The zero-order valence-electron chi connectivity index (χ0n) is 11.7. The molecule has 0 unspecified atom stereocenters. The van der Waals surface area contributed by atoms with E-state index in [1.165, 1.54) is 20.8 Å². The summed E-state index contributed by atoms with van der Waals surface area (Å²) in [4.78, 5) is 16.4. The molecule has 19 heavy (non-hydrogen) atoms. The number of amides is 1. The average molecular weight is 277 g/mol. The lowest BCUT2D eigenvalue weighted by Gasteiger charge is -2.17. The first-order valence-corrected chi connectivity index (χ1v) is 6.08. The molecule has 0 aliphatic heterocycles. The molecule has 110 valence electrons. The van der Waals surface area contributed by atoms with E-state index in [0.29, 0.717) is 6.42 Å². The van der Waals surface area contributed by atoms with Crippen molar-refractivity contribution in [3.05, 3.63) is 23.3 Å². The third-order valence-corrected chi connectivity index (χ3v) is 2.05. The van der Waals surface area contributed by atoms with Crippen LogP contribution in [0.5, 0.6) is 0 Å². The van der Waals surface area contributed by atoms with Gasteiger partial charge in [-0.1, -0.05) is 13.0 Å². The molecule has 0 saturated carbocycles. The quantitative estimate of drug-likeness (QED) is 0.427. The molecule has 0 aromatic carbocycles. The summed E-state index contributed by atoms with van der Waals surface area (Å²) in [5.41, 5.74) is 0.0951. The van der Waals surface area contributed by atoms with Crippen LogP contribution in [-0.2, 0) is 9.63 Å². The summed E-state index contributed by atoms with van der Waals surface area (Å²) in [5, 5.41) is 9.37. The first-order valence-electron chi connectivity index (χ1n) is 6.08. The molecule has 0 bridgehead atoms. The standard InChI is InChI=1S/C13H21F2NO3/c1-5-7-10(15)11(9(14)6-2)12(17)16-19-8-13(3,4)18/h6,18H,5,7-8H2,1-4H3,(H,16,17)/b9-6+,11-10-. The Labute approximate surface area is 112 Å². The predicted octanol–water partition coefficient (Wildman–Crippen LogP) is 2.70. The zero-order chi connectivity index (χ0) is 15.1. The minimum absolute atomic E-state index is 0.0322. The van der Waals surface area contributed by atoms with Gasteiger partial charge in [0.2, 0.25) is 0 Å². The van der Waals surface area contributed by atoms with Gasteiger partial charge in [0.15, 0.2) is 0 Å². The number of rotatable bonds is 7. The molecule has 0 heterocycles. The predicted molar refractivity (Wildman–Crippen MR) is 68.3 cm³/mol. The molecular weight excluding hydrogens is 256 g/mol. The second-order valence-corrected chi connectivity index (χ2v) is 4.70. The van der Waals surface area contributed by atoms with Gasteiger partial charge < -0.3 is 5.11 Å². The largest absolute Gasteiger partial charge is 0.388 e. The highest BCUT2D eigenvalue weighted by Crippen LogP contribution is 2.21. The minimum atomic E-state index is -1.15. The van der Waals surface area contributed by atoms with Crippen LogP contribution >= 0.6 is 0 Å². The molecule has 0 fully saturated rings. The van der Waals surface area contributed by atoms with E-state index in [1.807, 2.05) is 5.48 Å². The van der Waals surface area contributed by atoms with Gasteiger partial charge in [-0.3, -0.25) is 9.63 Å². The minimum Gasteiger partial charge on any atom is -0.388 e. The Balaban J connectivity index is 4.81. The smallest absolute Gasteiger partial charge is 0.280 e. The maximum Gasteiger partial charge on any atom is 0.280 e. The first kappa shape index (κ1) is 17.7. The van der Waals surface area contributed by atoms with Crippen molar-refractivity contribution in [2.24, 2.45) is 0 Å². The first-order chi connectivity index (χ1) is 8.72. The van der Waals surface area contributed by atoms with Gasteiger partial charge in [-0.25, -0.2) is 14.3 Å². The van der Waals surface area contributed by atoms with Crippen molar-refractivity contribution < 1.29 is 23.5 Å². The van der Waals surface area contributed by atoms with E-state index in [9.17, 15) is 18.7 Å². The molecule has 0 spiro atoms. The van der Waals surface area contributed by atoms with Crippen LogP contribution in [-0.4, -0.2) is 23.2 Å². The molecule has 0 aliphatic carbocycles. The summed E-state index contributed by atoms with van der Waals surface area (Å²) in [6.07, 6.45) is 1.42. The van der Waals surface area contributed by atoms with E-state index in [1.54, 1.807) is 6.92 Å². The average Bonchev–Trinajstić information content (AvgIpc) is 2.27. The SMILES string of the molecule is C/C=C(F)\C(C(=O)NOCC(C)(C)O)=C(\F)CCC. The Kier molecular flexibility index (Phi) is 7.48. The Morgan fingerprint density at radius 2 is 2.00 bits per heavy atom. The van der Waals surface area contributed by atoms with Gasteiger partial charge in [-0.2, -0.15) is 0 Å². The van der Waals surface area contributed by atoms with Crippen molar-refractivity contribution >= 4 is 5.91 Å². The van der Waals surface area contributed by atoms with Gasteiger partial charge in [0.05, 0.1) is 5.60 Å². The number of carbonyl (C=O) groups excluding carboxylic acids is 1. The maximum atomic E-state index is 13.6. The van der Waals surface area contributed by atoms with E-state index < -0.39 is 28.7 Å². The van der Waals surface area contributed by atoms with Crippen LogP contribution in [0.3, 0.4) is 0 Å². The van der Waals surface area contributed by atoms with Crippen LogP contribution < -0.4 is 5.48 Å². The van der Waals surface area contributed by atoms with E-state index in [0.717, 1.165) is 6.08 Å². The van der Waals surface area contributed by atoms with E-state index in [2.05, 4.69) is 0 Å². The van der Waals surface area contributed by atoms with Gasteiger partial charge in [0.1, 0.15) is 23.8 Å². The van der Waals surface area contributed by atoms with Gasteiger partial charge in [-0.15, -0.1) is 0 Å². The Morgan fingerprint density at radius 1 is 1.42 bits per heavy atom. The number of nitrogens with one attached hydrogen (secondary N) is 1. The fraction of sp³-hybridized carbons (Fsp3) is 0.615. The number of halogens is 2. The van der Waals surface area contributed by atoms with Crippen molar-refractivity contribution in [3.8, 4) is 0 Å². The third-order valence-electron chi connectivity index (χ3n) is 2.05. The Morgan fingerprint density at radius 3 is 2.42 bits per heavy atom. The molecule has 0 radical (unpaired) electrons. The van der Waals surface area contributed by atoms with Gasteiger partial charge >= 0.3 is 0 Å². The van der Waals surface area contributed by atoms with Crippen LogP contribution in [0, 0.1) is 0 Å². The molecule has 0 aromatic heterocycles. The summed E-state index contributed by atoms with van der Waals surface area (Å²) in [6.45, 7) is 5.83. The fourth-order valence-corrected chi connectivity index (χ4v) is 1.18. The highest BCUT2D eigenvalue weighted by molar-refractivity contribution is 5.96. The van der Waals surface area contributed by atoms with Crippen molar-refractivity contribution in [2.75, 3.05) is 6.61 Å². The van der Waals surface area contributed by atoms with Crippen molar-refractivity contribution in [3.63, 3.8) is 0 Å². The summed E-state index contributed by atoms with van der Waals surface area (Å²) >= 11 is 0. The third kappa shape index (κ3) is 7.03. The van der Waals surface area contributed by atoms with Crippen LogP contribution in [0.1, 0.15) is 40.5 Å². The maximum absolute atomic E-state index is 13.6. The van der Waals surface area contributed by atoms with Crippen LogP contribution in [0.15, 0.2) is 23.3 Å². The highest BCUT2D eigenvalue weighted by Gasteiger charge is 2.21. The Hall–Kier alpha value is -1.27. The lowest BCUT2D eigenvalue weighted by atomic mass is 10.1. The Bertz CT molecular complexity index is 371. The number of carbonyl (C=O) groups is 1. The van der Waals surface area contributed by atoms with Gasteiger partial charge in [0, 0.05) is 0 Å². The van der Waals surface area contributed by atoms with Gasteiger partial charge in [0.25, 0.3) is 5.91 Å². The molecule has 6 heteroatoms. The number of hydrogen-bond acceptors (Lipinski definition) is 3. The van der Waals surface area contributed by atoms with E-state index in [-0.39, 0.29) is 13.0 Å². The molecule has 0 rings (SSSR count). The van der Waals surface area contributed by atoms with Crippen LogP contribution in [0.25, 0.3) is 0 Å². The topological polar surface area (TPSA) is 58.6 Å². The number of hydroxylamine groups is 1. The second-order valence-electron chi connectivity index (χ2n) is 4.70. The van der Waals surface area contributed by atoms with Crippen molar-refractivity contribution in [2.45, 2.75) is 46.1 Å². The van der Waals surface area contributed by atoms with Crippen molar-refractivity contribution in [1.29, 1.82) is 0 Å². The summed E-state index contributed by atoms with van der Waals surface area (Å²) in [5.74, 6) is -2.79. The monoisotopic (exact) mass is 277 g/mol. The molecule has 0 aliphatic rings. The normalized spacial score (nSPS) is 14.2. The molecule has 0 aromatic rings. The molecule has 2 N–H and O–H groups in total. The molecule has 4 nitrogen and oxygen atoms in total. The van der Waals surface area contributed by atoms with E-state index in [4.69, 9.17) is 4.84 Å². The molecule has 0 atom stereocenters. The summed E-state index contributed by atoms with van der Waals surface area (Å²) < 4.78 is 27.1. The summed E-state index contributed by atoms with van der Waals surface area (Å²) in [7, 11) is 0. The number of hydrogen-bond donors (Lipinski definition) is 2. The molecule has 1 amide bonds. The summed E-state index contributed by atoms with van der Waals surface area (Å²) in [6, 6.07) is 0. The lowest BCUT2D eigenvalue weighted by Crippen LogP contribution is -2.34. The van der Waals surface area contributed by atoms with Crippen molar-refractivity contribution in [1.82, 2.24) is 5.48 Å². The zero-order valence-corrected chi connectivity index (χ0v) is 11.7. The fourth-order valence-electron chi connectivity index (χ4n) is 1.18. The van der Waals surface area contributed by atoms with E-state index >= 15 is 0 Å².